The maximum atomic E-state index is 13.4. The summed E-state index contributed by atoms with van der Waals surface area (Å²) in [7, 11) is 0. The van der Waals surface area contributed by atoms with Crippen LogP contribution in [-0.4, -0.2) is 24.7 Å². The van der Waals surface area contributed by atoms with Gasteiger partial charge in [0, 0.05) is 23.5 Å². The van der Waals surface area contributed by atoms with Crippen LogP contribution in [0, 0.1) is 11.3 Å². The van der Waals surface area contributed by atoms with E-state index in [-0.39, 0.29) is 57.3 Å². The molecule has 0 radical (unpaired) electrons. The zero-order chi connectivity index (χ0) is 43.6. The smallest absolute Gasteiger partial charge is 0.416 e. The topological polar surface area (TPSA) is 143 Å². The molecule has 318 valence electrons. The van der Waals surface area contributed by atoms with Crippen LogP contribution in [0.3, 0.4) is 0 Å². The number of esters is 1. The molecule has 10 nitrogen and oxygen atoms in total. The molecule has 4 aromatic rings. The molecule has 59 heavy (non-hydrogen) atoms. The molecule has 0 saturated heterocycles. The lowest BCUT2D eigenvalue weighted by molar-refractivity contribution is -0.165. The first kappa shape index (κ1) is 43.0. The molecule has 2 saturated carbocycles. The molecule has 2 aliphatic rings. The van der Waals surface area contributed by atoms with Gasteiger partial charge in [-0.25, -0.2) is 0 Å². The zero-order valence-electron chi connectivity index (χ0n) is 30.1. The fourth-order valence-electron chi connectivity index (χ4n) is 7.82. The van der Waals surface area contributed by atoms with Crippen molar-refractivity contribution in [3.8, 4) is 0 Å². The van der Waals surface area contributed by atoms with Crippen LogP contribution in [0.5, 0.6) is 0 Å². The maximum Gasteiger partial charge on any atom is 0.416 e. The van der Waals surface area contributed by atoms with Crippen LogP contribution in [0.4, 0.5) is 86.8 Å². The summed E-state index contributed by atoms with van der Waals surface area (Å²) in [5.41, 5.74) is -16.2. The van der Waals surface area contributed by atoms with Gasteiger partial charge in [0.2, 0.25) is 0 Å². The van der Waals surface area contributed by atoms with Crippen molar-refractivity contribution in [3.63, 3.8) is 0 Å². The Morgan fingerprint density at radius 2 is 0.898 bits per heavy atom. The van der Waals surface area contributed by atoms with E-state index >= 15 is 0 Å². The number of anilines is 6. The van der Waals surface area contributed by atoms with Crippen LogP contribution in [-0.2, 0) is 34.2 Å². The zero-order valence-corrected chi connectivity index (χ0v) is 30.1. The lowest BCUT2D eigenvalue weighted by atomic mass is 9.57. The third kappa shape index (κ3) is 8.48. The third-order valence-electron chi connectivity index (χ3n) is 10.7. The Hall–Kier alpha value is -5.57. The summed E-state index contributed by atoms with van der Waals surface area (Å²) in [5.74, 6) is -1.22. The van der Waals surface area contributed by atoms with Gasteiger partial charge in [-0.3, -0.25) is 24.0 Å². The number of halogens is 12. The van der Waals surface area contributed by atoms with E-state index in [2.05, 4.69) is 21.3 Å². The molecule has 0 aromatic heterocycles. The van der Waals surface area contributed by atoms with Crippen molar-refractivity contribution in [1.29, 1.82) is 0 Å². The molecule has 0 aliphatic heterocycles. The van der Waals surface area contributed by atoms with Crippen molar-refractivity contribution >= 4 is 40.1 Å². The minimum Gasteiger partial charge on any atom is -0.466 e. The van der Waals surface area contributed by atoms with E-state index in [9.17, 15) is 76.7 Å². The predicted molar refractivity (Wildman–Crippen MR) is 187 cm³/mol. The van der Waals surface area contributed by atoms with Gasteiger partial charge in [-0.1, -0.05) is 0 Å². The van der Waals surface area contributed by atoms with E-state index in [0.29, 0.717) is 24.3 Å². The summed E-state index contributed by atoms with van der Waals surface area (Å²) in [4.78, 5) is 63.8. The van der Waals surface area contributed by atoms with Gasteiger partial charge in [-0.15, -0.1) is 0 Å². The second-order valence-electron chi connectivity index (χ2n) is 14.5. The van der Waals surface area contributed by atoms with Crippen LogP contribution in [0.2, 0.25) is 0 Å². The molecule has 22 heteroatoms. The Bertz CT molecular complexity index is 2200. The average Bonchev–Trinajstić information content (AvgIpc) is 3.15. The molecule has 2 fully saturated rings. The van der Waals surface area contributed by atoms with Crippen LogP contribution < -0.4 is 43.0 Å². The normalized spacial score (nSPS) is 21.5. The van der Waals surface area contributed by atoms with Gasteiger partial charge in [0.25, 0.3) is 21.7 Å². The van der Waals surface area contributed by atoms with Crippen molar-refractivity contribution in [2.75, 3.05) is 27.9 Å². The molecule has 2 unspecified atom stereocenters. The number of rotatable bonds is 10. The Labute approximate surface area is 323 Å². The summed E-state index contributed by atoms with van der Waals surface area (Å²) in [6.45, 7) is 1.55. The second kappa shape index (κ2) is 14.9. The first-order valence-electron chi connectivity index (χ1n) is 17.7. The number of alkyl halides is 12. The molecule has 0 bridgehead atoms. The van der Waals surface area contributed by atoms with Gasteiger partial charge in [-0.05, 0) is 87.8 Å². The average molecular weight is 855 g/mol. The number of hydrogen-bond acceptors (Lipinski definition) is 10. The van der Waals surface area contributed by atoms with E-state index in [0.717, 1.165) is 0 Å². The van der Waals surface area contributed by atoms with Gasteiger partial charge < -0.3 is 26.0 Å². The predicted octanol–water partition coefficient (Wildman–Crippen LogP) is 8.24. The van der Waals surface area contributed by atoms with Gasteiger partial charge in [0.1, 0.15) is 22.7 Å². The van der Waals surface area contributed by atoms with E-state index in [1.165, 1.54) is 0 Å². The van der Waals surface area contributed by atoms with Crippen LogP contribution in [0.25, 0.3) is 0 Å². The maximum absolute atomic E-state index is 13.4. The van der Waals surface area contributed by atoms with Crippen molar-refractivity contribution in [3.05, 3.63) is 99.5 Å². The number of carbonyl (C=O) groups excluding carboxylic acids is 1. The van der Waals surface area contributed by atoms with Gasteiger partial charge in [-0.2, -0.15) is 52.7 Å². The lowest BCUT2D eigenvalue weighted by Gasteiger charge is -2.50. The highest BCUT2D eigenvalue weighted by Crippen LogP contribution is 2.52. The minimum absolute atomic E-state index is 0.00903. The molecular weight excluding hydrogens is 824 g/mol. The van der Waals surface area contributed by atoms with Crippen molar-refractivity contribution in [1.82, 2.24) is 0 Å². The third-order valence-corrected chi connectivity index (χ3v) is 10.7. The summed E-state index contributed by atoms with van der Waals surface area (Å²) in [6.07, 6.45) is -20.1. The largest absolute Gasteiger partial charge is 0.466 e. The van der Waals surface area contributed by atoms with Gasteiger partial charge in [0.15, 0.2) is 0 Å². The molecule has 6 rings (SSSR count). The number of nitrogens with one attached hydrogen (secondary N) is 4. The Kier molecular flexibility index (Phi) is 10.9. The van der Waals surface area contributed by atoms with E-state index in [1.807, 2.05) is 0 Å². The number of ether oxygens (including phenoxy) is 1. The van der Waals surface area contributed by atoms with E-state index in [4.69, 9.17) is 4.74 Å². The van der Waals surface area contributed by atoms with Crippen LogP contribution in [0.15, 0.2) is 55.6 Å². The Morgan fingerprint density at radius 1 is 0.576 bits per heavy atom. The summed E-state index contributed by atoms with van der Waals surface area (Å²) >= 11 is 0. The highest BCUT2D eigenvalue weighted by molar-refractivity contribution is 5.81. The van der Waals surface area contributed by atoms with Crippen LogP contribution in [0.1, 0.15) is 67.7 Å². The molecule has 0 spiro atoms. The standard InChI is InChI=1S/C37H30F12N4O6/c1-2-59-32(58)33-5-3-20(50-24-26(30(56)28(24)54)52-22-11-16(34(38,39)40)7-17(12-22)35(41,42)43)9-15(33)10-21(4-6-33)51-25-27(31(57)29(25)55)53-23-13-18(36(44,45)46)8-19(14-23)37(47,48)49/h7-8,11-15,20-21,50-53H,2-6,9-10H2,1H3/t15?,20-,21+,33?. The summed E-state index contributed by atoms with van der Waals surface area (Å²) in [6, 6.07) is -0.357. The molecule has 2 aliphatic carbocycles. The summed E-state index contributed by atoms with van der Waals surface area (Å²) < 4.78 is 167. The molecular formula is C37H30F12N4O6. The van der Waals surface area contributed by atoms with Crippen LogP contribution >= 0.6 is 0 Å². The van der Waals surface area contributed by atoms with Crippen molar-refractivity contribution < 1.29 is 62.2 Å². The summed E-state index contributed by atoms with van der Waals surface area (Å²) in [5, 5.41) is 10.0. The van der Waals surface area contributed by atoms with E-state index < -0.39 is 132 Å². The first-order chi connectivity index (χ1) is 27.2. The molecule has 4 aromatic carbocycles. The quantitative estimate of drug-likeness (QED) is 0.0700. The Balaban J connectivity index is 1.23. The number of carbonyl (C=O) groups is 1. The Morgan fingerprint density at radius 3 is 1.20 bits per heavy atom. The lowest BCUT2D eigenvalue weighted by Crippen LogP contribution is -2.53. The number of hydrogen-bond donors (Lipinski definition) is 4. The highest BCUT2D eigenvalue weighted by atomic mass is 19.4. The molecule has 0 amide bonds. The molecule has 4 N–H and O–H groups in total. The number of fused-ring (bicyclic) bond motifs is 1. The van der Waals surface area contributed by atoms with E-state index in [1.54, 1.807) is 6.92 Å². The second-order valence-corrected chi connectivity index (χ2v) is 14.5. The van der Waals surface area contributed by atoms with Gasteiger partial charge in [0.05, 0.1) is 34.3 Å². The highest BCUT2D eigenvalue weighted by Gasteiger charge is 2.53. The first-order valence-corrected chi connectivity index (χ1v) is 17.7. The monoisotopic (exact) mass is 854 g/mol. The SMILES string of the molecule is CCOC(=O)C12CC[C@@H](Nc3c(Nc4cc(C(F)(F)F)cc(C(F)(F)F)c4)c(=O)c3=O)CC1C[C@@H](Nc1c(Nc3cc(C(F)(F)F)cc(C(F)(F)F)c3)c(=O)c1=O)CC2. The van der Waals surface area contributed by atoms with Crippen molar-refractivity contribution in [2.24, 2.45) is 11.3 Å². The number of benzene rings is 2. The molecule has 0 heterocycles. The molecule has 4 atom stereocenters. The fourth-order valence-corrected chi connectivity index (χ4v) is 7.82. The minimum atomic E-state index is -5.20. The van der Waals surface area contributed by atoms with Gasteiger partial charge >= 0.3 is 30.7 Å². The fraction of sp³-hybridized carbons (Fsp3) is 0.432. The van der Waals surface area contributed by atoms with Crippen molar-refractivity contribution in [2.45, 2.75) is 82.2 Å².